The normalized spacial score (nSPS) is 13.7. The molecule has 0 aliphatic heterocycles. The summed E-state index contributed by atoms with van der Waals surface area (Å²) < 4.78 is 0. The van der Waals surface area contributed by atoms with Crippen LogP contribution in [0, 0.1) is 22.7 Å². The van der Waals surface area contributed by atoms with E-state index >= 15 is 0 Å². The maximum Gasteiger partial charge on any atom is 0.0879 e. The molecule has 0 saturated heterocycles. The number of hydrogen-bond acceptors (Lipinski definition) is 4. The van der Waals surface area contributed by atoms with E-state index in [0.717, 1.165) is 5.56 Å². The average Bonchev–Trinajstić information content (AvgIpc) is 2.29. The highest BCUT2D eigenvalue weighted by atomic mass is 35.5. The highest BCUT2D eigenvalue weighted by molar-refractivity contribution is 6.30. The fraction of sp³-hybridized carbons (Fsp3) is 0.385. The van der Waals surface area contributed by atoms with Gasteiger partial charge in [0, 0.05) is 11.1 Å². The fourth-order valence-corrected chi connectivity index (χ4v) is 2.17. The van der Waals surface area contributed by atoms with Crippen LogP contribution < -0.4 is 5.73 Å². The monoisotopic (exact) mass is 262 g/mol. The van der Waals surface area contributed by atoms with Gasteiger partial charge in [-0.2, -0.15) is 10.5 Å². The lowest BCUT2D eigenvalue weighted by Gasteiger charge is -2.31. The number of nitriles is 2. The summed E-state index contributed by atoms with van der Waals surface area (Å²) in [6.45, 7) is 2.17. The van der Waals surface area contributed by atoms with Crippen molar-refractivity contribution < 1.29 is 0 Å². The maximum absolute atomic E-state index is 8.83. The Morgan fingerprint density at radius 2 is 1.94 bits per heavy atom. The molecule has 18 heavy (non-hydrogen) atoms. The van der Waals surface area contributed by atoms with Gasteiger partial charge >= 0.3 is 0 Å². The molecule has 0 saturated carbocycles. The lowest BCUT2D eigenvalue weighted by Crippen LogP contribution is -2.40. The average molecular weight is 263 g/mol. The minimum absolute atomic E-state index is 0.159. The summed E-state index contributed by atoms with van der Waals surface area (Å²) in [5, 5.41) is 18.3. The van der Waals surface area contributed by atoms with Crippen molar-refractivity contribution in [3.63, 3.8) is 0 Å². The summed E-state index contributed by atoms with van der Waals surface area (Å²) in [5.74, 6) is 0. The SMILES string of the molecule is CC(N)C(c1cccc(Cl)c1)N(CC#N)CC#N. The molecule has 4 nitrogen and oxygen atoms in total. The van der Waals surface area contributed by atoms with E-state index in [0.29, 0.717) is 5.02 Å². The largest absolute Gasteiger partial charge is 0.326 e. The Morgan fingerprint density at radius 1 is 1.33 bits per heavy atom. The van der Waals surface area contributed by atoms with Gasteiger partial charge in [-0.25, -0.2) is 0 Å². The molecule has 1 rings (SSSR count). The van der Waals surface area contributed by atoms with Gasteiger partial charge in [0.05, 0.1) is 31.3 Å². The second kappa shape index (κ2) is 6.98. The third-order valence-electron chi connectivity index (χ3n) is 2.63. The molecule has 0 heterocycles. The van der Waals surface area contributed by atoms with Gasteiger partial charge in [-0.1, -0.05) is 23.7 Å². The van der Waals surface area contributed by atoms with Crippen LogP contribution in [0.4, 0.5) is 0 Å². The van der Waals surface area contributed by atoms with Crippen LogP contribution in [0.5, 0.6) is 0 Å². The number of rotatable bonds is 5. The number of benzene rings is 1. The lowest BCUT2D eigenvalue weighted by atomic mass is 9.99. The Morgan fingerprint density at radius 3 is 2.39 bits per heavy atom. The van der Waals surface area contributed by atoms with E-state index in [9.17, 15) is 0 Å². The number of halogens is 1. The van der Waals surface area contributed by atoms with E-state index in [1.54, 1.807) is 11.0 Å². The molecule has 5 heteroatoms. The summed E-state index contributed by atoms with van der Waals surface area (Å²) in [6.07, 6.45) is 0. The summed E-state index contributed by atoms with van der Waals surface area (Å²) in [5.41, 5.74) is 6.90. The van der Waals surface area contributed by atoms with Gasteiger partial charge < -0.3 is 5.73 Å². The van der Waals surface area contributed by atoms with Gasteiger partial charge in [-0.05, 0) is 24.6 Å². The van der Waals surface area contributed by atoms with Gasteiger partial charge in [0.1, 0.15) is 0 Å². The van der Waals surface area contributed by atoms with Crippen molar-refractivity contribution in [1.29, 1.82) is 10.5 Å². The van der Waals surface area contributed by atoms with Crippen LogP contribution in [-0.4, -0.2) is 24.0 Å². The molecule has 94 valence electrons. The van der Waals surface area contributed by atoms with Crippen molar-refractivity contribution in [2.75, 3.05) is 13.1 Å². The first-order valence-corrected chi connectivity index (χ1v) is 5.97. The molecule has 2 unspecified atom stereocenters. The summed E-state index contributed by atoms with van der Waals surface area (Å²) in [4.78, 5) is 1.75. The predicted octanol–water partition coefficient (Wildman–Crippen LogP) is 2.08. The van der Waals surface area contributed by atoms with Gasteiger partial charge in [0.25, 0.3) is 0 Å². The lowest BCUT2D eigenvalue weighted by molar-refractivity contribution is 0.222. The second-order valence-electron chi connectivity index (χ2n) is 4.08. The quantitative estimate of drug-likeness (QED) is 0.824. The molecule has 0 bridgehead atoms. The third-order valence-corrected chi connectivity index (χ3v) is 2.86. The van der Waals surface area contributed by atoms with E-state index in [2.05, 4.69) is 12.1 Å². The van der Waals surface area contributed by atoms with E-state index in [1.165, 1.54) is 0 Å². The van der Waals surface area contributed by atoms with Gasteiger partial charge in [0.15, 0.2) is 0 Å². The van der Waals surface area contributed by atoms with Crippen LogP contribution in [-0.2, 0) is 0 Å². The van der Waals surface area contributed by atoms with E-state index in [4.69, 9.17) is 27.9 Å². The van der Waals surface area contributed by atoms with Crippen molar-refractivity contribution >= 4 is 11.6 Å². The Labute approximate surface area is 112 Å². The van der Waals surface area contributed by atoms with Crippen LogP contribution in [0.1, 0.15) is 18.5 Å². The van der Waals surface area contributed by atoms with Crippen molar-refractivity contribution in [2.24, 2.45) is 5.73 Å². The first kappa shape index (κ1) is 14.5. The van der Waals surface area contributed by atoms with Crippen molar-refractivity contribution in [3.8, 4) is 12.1 Å². The van der Waals surface area contributed by atoms with Crippen LogP contribution in [0.15, 0.2) is 24.3 Å². The molecular weight excluding hydrogens is 248 g/mol. The molecule has 2 atom stereocenters. The third kappa shape index (κ3) is 3.72. The minimum atomic E-state index is -0.204. The van der Waals surface area contributed by atoms with E-state index in [1.807, 2.05) is 25.1 Å². The van der Waals surface area contributed by atoms with E-state index in [-0.39, 0.29) is 25.2 Å². The molecule has 1 aromatic carbocycles. The second-order valence-corrected chi connectivity index (χ2v) is 4.52. The number of hydrogen-bond donors (Lipinski definition) is 1. The first-order valence-electron chi connectivity index (χ1n) is 5.59. The molecule has 2 N–H and O–H groups in total. The Hall–Kier alpha value is -1.59. The topological polar surface area (TPSA) is 76.8 Å². The summed E-state index contributed by atoms with van der Waals surface area (Å²) in [6, 6.07) is 11.1. The first-order chi connectivity index (χ1) is 8.60. The van der Waals surface area contributed by atoms with Crippen LogP contribution in [0.2, 0.25) is 5.02 Å². The van der Waals surface area contributed by atoms with Crippen LogP contribution in [0.25, 0.3) is 0 Å². The molecule has 0 radical (unpaired) electrons. The zero-order valence-corrected chi connectivity index (χ0v) is 10.9. The Kier molecular flexibility index (Phi) is 5.61. The van der Waals surface area contributed by atoms with Crippen molar-refractivity contribution in [2.45, 2.75) is 19.0 Å². The standard InChI is InChI=1S/C13H15ClN4/c1-10(17)13(18(7-5-15)8-6-16)11-3-2-4-12(14)9-11/h2-4,9-10,13H,7-8,17H2,1H3. The maximum atomic E-state index is 8.83. The molecule has 0 amide bonds. The van der Waals surface area contributed by atoms with Gasteiger partial charge in [0.2, 0.25) is 0 Å². The van der Waals surface area contributed by atoms with Gasteiger partial charge in [-0.15, -0.1) is 0 Å². The zero-order chi connectivity index (χ0) is 13.5. The molecule has 0 aromatic heterocycles. The molecule has 0 aliphatic rings. The summed E-state index contributed by atoms with van der Waals surface area (Å²) >= 11 is 5.96. The van der Waals surface area contributed by atoms with Crippen molar-refractivity contribution in [3.05, 3.63) is 34.9 Å². The molecule has 0 spiro atoms. The number of nitrogens with two attached hydrogens (primary N) is 1. The molecular formula is C13H15ClN4. The van der Waals surface area contributed by atoms with Crippen molar-refractivity contribution in [1.82, 2.24) is 4.90 Å². The van der Waals surface area contributed by atoms with E-state index < -0.39 is 0 Å². The number of nitrogens with zero attached hydrogens (tertiary/aromatic N) is 3. The summed E-state index contributed by atoms with van der Waals surface area (Å²) in [7, 11) is 0. The Balaban J connectivity index is 3.08. The highest BCUT2D eigenvalue weighted by Gasteiger charge is 2.23. The van der Waals surface area contributed by atoms with Gasteiger partial charge in [-0.3, -0.25) is 4.90 Å². The molecule has 0 fully saturated rings. The fourth-order valence-electron chi connectivity index (χ4n) is 1.97. The van der Waals surface area contributed by atoms with Crippen LogP contribution in [0.3, 0.4) is 0 Å². The Bertz CT molecular complexity index is 457. The molecule has 0 aliphatic carbocycles. The van der Waals surface area contributed by atoms with Crippen LogP contribution >= 0.6 is 11.6 Å². The highest BCUT2D eigenvalue weighted by Crippen LogP contribution is 2.25. The molecule has 1 aromatic rings. The minimum Gasteiger partial charge on any atom is -0.326 e. The smallest absolute Gasteiger partial charge is 0.0879 e. The zero-order valence-electron chi connectivity index (χ0n) is 10.2. The predicted molar refractivity (Wildman–Crippen MR) is 70.6 cm³/mol.